The Morgan fingerprint density at radius 3 is 2.32 bits per heavy atom. The minimum atomic E-state index is -1.81. The van der Waals surface area contributed by atoms with Crippen molar-refractivity contribution in [3.05, 3.63) is 23.8 Å². The second kappa shape index (κ2) is 9.92. The van der Waals surface area contributed by atoms with E-state index in [-0.39, 0.29) is 24.2 Å². The molecule has 10 nitrogen and oxygen atoms in total. The minimum absolute atomic E-state index is 0.148. The van der Waals surface area contributed by atoms with Crippen molar-refractivity contribution >= 4 is 17.6 Å². The molecule has 1 aliphatic rings. The lowest BCUT2D eigenvalue weighted by molar-refractivity contribution is -0.271. The number of carbonyl (C=O) groups is 2. The van der Waals surface area contributed by atoms with Crippen molar-refractivity contribution < 1.29 is 44.2 Å². The summed E-state index contributed by atoms with van der Waals surface area (Å²) in [5, 5.41) is 41.8. The number of aliphatic hydroxyl groups is 3. The van der Waals surface area contributed by atoms with Gasteiger partial charge in [-0.3, -0.25) is 4.79 Å². The summed E-state index contributed by atoms with van der Waals surface area (Å²) < 4.78 is 16.5. The minimum Gasteiger partial charge on any atom is -0.479 e. The number of amides is 1. The normalized spacial score (nSPS) is 26.5. The molecular formula is C21H31NO9. The molecule has 1 aliphatic heterocycles. The largest absolute Gasteiger partial charge is 0.479 e. The highest BCUT2D eigenvalue weighted by molar-refractivity contribution is 5.93. The molecule has 1 heterocycles. The molecule has 2 rings (SSSR count). The molecule has 174 valence electrons. The fourth-order valence-corrected chi connectivity index (χ4v) is 2.73. The zero-order valence-corrected chi connectivity index (χ0v) is 18.2. The molecule has 1 aromatic carbocycles. The van der Waals surface area contributed by atoms with E-state index in [9.17, 15) is 24.9 Å². The van der Waals surface area contributed by atoms with Crippen LogP contribution in [-0.2, 0) is 25.7 Å². The maximum Gasteiger partial charge on any atom is 0.335 e. The molecule has 1 aromatic rings. The first-order valence-electron chi connectivity index (χ1n) is 9.97. The summed E-state index contributed by atoms with van der Waals surface area (Å²) in [5.41, 5.74) is 0.693. The quantitative estimate of drug-likeness (QED) is 0.414. The Kier molecular flexibility index (Phi) is 8.01. The Balaban J connectivity index is 2.27. The molecule has 1 amide bonds. The Hall–Kier alpha value is -2.24. The van der Waals surface area contributed by atoms with Crippen LogP contribution in [0.5, 0.6) is 5.75 Å². The van der Waals surface area contributed by atoms with Gasteiger partial charge in [0.15, 0.2) is 6.10 Å². The molecule has 31 heavy (non-hydrogen) atoms. The van der Waals surface area contributed by atoms with E-state index in [0.717, 1.165) is 0 Å². The van der Waals surface area contributed by atoms with E-state index in [2.05, 4.69) is 5.32 Å². The van der Waals surface area contributed by atoms with Gasteiger partial charge >= 0.3 is 5.97 Å². The van der Waals surface area contributed by atoms with Crippen LogP contribution in [0, 0.1) is 5.92 Å². The number of rotatable bonds is 7. The highest BCUT2D eigenvalue weighted by atomic mass is 16.7. The van der Waals surface area contributed by atoms with Crippen LogP contribution in [0.25, 0.3) is 0 Å². The summed E-state index contributed by atoms with van der Waals surface area (Å²) in [6, 6.07) is 4.69. The van der Waals surface area contributed by atoms with Gasteiger partial charge in [-0.15, -0.1) is 0 Å². The van der Waals surface area contributed by atoms with Crippen molar-refractivity contribution in [2.75, 3.05) is 5.32 Å². The van der Waals surface area contributed by atoms with Crippen LogP contribution in [0.4, 0.5) is 5.69 Å². The van der Waals surface area contributed by atoms with E-state index in [4.69, 9.17) is 19.3 Å². The van der Waals surface area contributed by atoms with Crippen LogP contribution in [0.2, 0.25) is 0 Å². The number of anilines is 1. The molecule has 10 heteroatoms. The van der Waals surface area contributed by atoms with Crippen molar-refractivity contribution in [1.29, 1.82) is 0 Å². The second-order valence-electron chi connectivity index (χ2n) is 8.72. The SMILES string of the molecule is CC(C)C(=O)Nc1cc(O[C@@H]2O[C@H](C(=O)O)[C@@H](O)[C@H](O)[C@H]2O)ccc1COC(C)(C)C. The molecule has 0 radical (unpaired) electrons. The zero-order valence-electron chi connectivity index (χ0n) is 18.2. The molecule has 1 fully saturated rings. The molecule has 0 unspecified atom stereocenters. The average molecular weight is 441 g/mol. The molecule has 0 spiro atoms. The fourth-order valence-electron chi connectivity index (χ4n) is 2.73. The molecule has 0 aliphatic carbocycles. The third-order valence-electron chi connectivity index (χ3n) is 4.59. The van der Waals surface area contributed by atoms with Gasteiger partial charge in [0.1, 0.15) is 24.1 Å². The lowest BCUT2D eigenvalue weighted by Crippen LogP contribution is -2.61. The molecule has 0 aromatic heterocycles. The highest BCUT2D eigenvalue weighted by Crippen LogP contribution is 2.29. The van der Waals surface area contributed by atoms with Crippen molar-refractivity contribution in [2.45, 2.75) is 77.5 Å². The van der Waals surface area contributed by atoms with Gasteiger partial charge in [0, 0.05) is 23.2 Å². The lowest BCUT2D eigenvalue weighted by atomic mass is 9.99. The third kappa shape index (κ3) is 6.62. The van der Waals surface area contributed by atoms with Gasteiger partial charge in [-0.25, -0.2) is 4.79 Å². The highest BCUT2D eigenvalue weighted by Gasteiger charge is 2.48. The molecule has 5 atom stereocenters. The van der Waals surface area contributed by atoms with Crippen LogP contribution in [0.15, 0.2) is 18.2 Å². The first-order chi connectivity index (χ1) is 14.3. The fraction of sp³-hybridized carbons (Fsp3) is 0.619. The van der Waals surface area contributed by atoms with Crippen molar-refractivity contribution in [1.82, 2.24) is 0 Å². The number of carboxylic acid groups (broad SMARTS) is 1. The van der Waals surface area contributed by atoms with E-state index in [0.29, 0.717) is 11.3 Å². The predicted octanol–water partition coefficient (Wildman–Crippen LogP) is 0.867. The van der Waals surface area contributed by atoms with Gasteiger partial charge in [-0.05, 0) is 26.8 Å². The first-order valence-corrected chi connectivity index (χ1v) is 9.97. The standard InChI is InChI=1S/C21H31NO9/c1-10(2)18(26)22-13-8-12(7-6-11(13)9-29-21(3,4)5)30-20-16(25)14(23)15(24)17(31-20)19(27)28/h6-8,10,14-17,20,23-25H,9H2,1-5H3,(H,22,26)(H,27,28)/t14-,15-,16+,17-,20+/m0/s1. The van der Waals surface area contributed by atoms with Crippen LogP contribution in [0.1, 0.15) is 40.2 Å². The number of carbonyl (C=O) groups excluding carboxylic acids is 1. The Labute approximate surface area is 180 Å². The Morgan fingerprint density at radius 1 is 1.13 bits per heavy atom. The lowest BCUT2D eigenvalue weighted by Gasteiger charge is -2.38. The van der Waals surface area contributed by atoms with Gasteiger partial charge < -0.3 is 40.0 Å². The molecule has 1 saturated heterocycles. The Morgan fingerprint density at radius 2 is 1.77 bits per heavy atom. The van der Waals surface area contributed by atoms with Crippen molar-refractivity contribution in [3.8, 4) is 5.75 Å². The molecule has 0 saturated carbocycles. The summed E-state index contributed by atoms with van der Waals surface area (Å²) in [5.74, 6) is -1.87. The molecular weight excluding hydrogens is 410 g/mol. The van der Waals surface area contributed by atoms with E-state index in [1.54, 1.807) is 19.9 Å². The van der Waals surface area contributed by atoms with Gasteiger partial charge in [-0.1, -0.05) is 19.9 Å². The van der Waals surface area contributed by atoms with Gasteiger partial charge in [-0.2, -0.15) is 0 Å². The van der Waals surface area contributed by atoms with Gasteiger partial charge in [0.05, 0.1) is 12.2 Å². The maximum absolute atomic E-state index is 12.2. The van der Waals surface area contributed by atoms with Gasteiger partial charge in [0.2, 0.25) is 12.2 Å². The number of hydrogen-bond acceptors (Lipinski definition) is 8. The zero-order chi connectivity index (χ0) is 23.5. The van der Waals surface area contributed by atoms with Crippen LogP contribution < -0.4 is 10.1 Å². The maximum atomic E-state index is 12.2. The Bertz CT molecular complexity index is 790. The van der Waals surface area contributed by atoms with E-state index in [1.165, 1.54) is 12.1 Å². The molecule has 0 bridgehead atoms. The van der Waals surface area contributed by atoms with E-state index >= 15 is 0 Å². The second-order valence-corrected chi connectivity index (χ2v) is 8.72. The van der Waals surface area contributed by atoms with Crippen molar-refractivity contribution in [3.63, 3.8) is 0 Å². The summed E-state index contributed by atoms with van der Waals surface area (Å²) >= 11 is 0. The predicted molar refractivity (Wildman–Crippen MR) is 109 cm³/mol. The summed E-state index contributed by atoms with van der Waals surface area (Å²) in [7, 11) is 0. The third-order valence-corrected chi connectivity index (χ3v) is 4.59. The first kappa shape index (κ1) is 25.0. The number of carboxylic acids is 1. The number of aliphatic hydroxyl groups excluding tert-OH is 3. The van der Waals surface area contributed by atoms with Crippen LogP contribution >= 0.6 is 0 Å². The number of aliphatic carboxylic acids is 1. The van der Waals surface area contributed by atoms with Gasteiger partial charge in [0.25, 0.3) is 0 Å². The van der Waals surface area contributed by atoms with E-state index < -0.39 is 42.3 Å². The number of ether oxygens (including phenoxy) is 3. The number of hydrogen-bond donors (Lipinski definition) is 5. The number of benzene rings is 1. The number of nitrogens with one attached hydrogen (secondary N) is 1. The topological polar surface area (TPSA) is 155 Å². The summed E-state index contributed by atoms with van der Waals surface area (Å²) in [6.07, 6.45) is -8.61. The smallest absolute Gasteiger partial charge is 0.335 e. The summed E-state index contributed by atoms with van der Waals surface area (Å²) in [4.78, 5) is 23.5. The van der Waals surface area contributed by atoms with E-state index in [1.807, 2.05) is 20.8 Å². The summed E-state index contributed by atoms with van der Waals surface area (Å²) in [6.45, 7) is 9.40. The van der Waals surface area contributed by atoms with Crippen molar-refractivity contribution in [2.24, 2.45) is 5.92 Å². The molecule has 5 N–H and O–H groups in total. The monoisotopic (exact) mass is 441 g/mol. The van der Waals surface area contributed by atoms with Crippen LogP contribution in [-0.4, -0.2) is 68.6 Å². The van der Waals surface area contributed by atoms with Crippen LogP contribution in [0.3, 0.4) is 0 Å². The average Bonchev–Trinajstić information content (AvgIpc) is 2.66.